The van der Waals surface area contributed by atoms with Gasteiger partial charge in [0, 0.05) is 35.7 Å². The average molecular weight is 417 g/mol. The number of rotatable bonds is 7. The zero-order chi connectivity index (χ0) is 18.5. The Kier molecular flexibility index (Phi) is 5.83. The molecule has 5 nitrogen and oxygen atoms in total. The van der Waals surface area contributed by atoms with Crippen LogP contribution in [0.1, 0.15) is 12.0 Å². The van der Waals surface area contributed by atoms with Crippen LogP contribution in [0.2, 0.25) is 0 Å². The Hall–Kier alpha value is -2.47. The maximum absolute atomic E-state index is 12.2. The van der Waals surface area contributed by atoms with E-state index in [1.807, 2.05) is 30.5 Å². The number of halogens is 1. The molecule has 0 saturated heterocycles. The number of aryl methyl sites for hydroxylation is 1. The number of amides is 1. The van der Waals surface area contributed by atoms with Crippen molar-refractivity contribution in [2.45, 2.75) is 19.5 Å². The SMILES string of the molecule is COc1ccc(CNC(=O)CCn2ccc3ccc(Br)cc32)cc1OC. The summed E-state index contributed by atoms with van der Waals surface area (Å²) >= 11 is 3.49. The Morgan fingerprint density at radius 2 is 1.88 bits per heavy atom. The van der Waals surface area contributed by atoms with Gasteiger partial charge in [-0.15, -0.1) is 0 Å². The molecule has 0 unspecified atom stereocenters. The Balaban J connectivity index is 1.56. The van der Waals surface area contributed by atoms with E-state index in [9.17, 15) is 4.79 Å². The first-order valence-corrected chi connectivity index (χ1v) is 9.12. The van der Waals surface area contributed by atoms with Crippen molar-refractivity contribution in [2.24, 2.45) is 0 Å². The first kappa shape index (κ1) is 18.3. The van der Waals surface area contributed by atoms with Crippen molar-refractivity contribution in [1.29, 1.82) is 0 Å². The second kappa shape index (κ2) is 8.27. The maximum Gasteiger partial charge on any atom is 0.222 e. The van der Waals surface area contributed by atoms with E-state index in [-0.39, 0.29) is 5.91 Å². The molecule has 0 aliphatic heterocycles. The molecule has 2 aromatic carbocycles. The topological polar surface area (TPSA) is 52.5 Å². The Labute approximate surface area is 161 Å². The molecule has 3 rings (SSSR count). The smallest absolute Gasteiger partial charge is 0.222 e. The number of carbonyl (C=O) groups is 1. The summed E-state index contributed by atoms with van der Waals surface area (Å²) in [7, 11) is 3.20. The Morgan fingerprint density at radius 3 is 2.65 bits per heavy atom. The lowest BCUT2D eigenvalue weighted by Crippen LogP contribution is -2.23. The summed E-state index contributed by atoms with van der Waals surface area (Å²) in [6, 6.07) is 13.8. The highest BCUT2D eigenvalue weighted by Crippen LogP contribution is 2.27. The highest BCUT2D eigenvalue weighted by molar-refractivity contribution is 9.10. The molecule has 0 fully saturated rings. The summed E-state index contributed by atoms with van der Waals surface area (Å²) in [5.41, 5.74) is 2.08. The van der Waals surface area contributed by atoms with Crippen LogP contribution >= 0.6 is 15.9 Å². The maximum atomic E-state index is 12.2. The second-order valence-electron chi connectivity index (χ2n) is 5.93. The molecule has 0 radical (unpaired) electrons. The monoisotopic (exact) mass is 416 g/mol. The first-order valence-electron chi connectivity index (χ1n) is 8.32. The fourth-order valence-corrected chi connectivity index (χ4v) is 3.20. The van der Waals surface area contributed by atoms with Gasteiger partial charge in [-0.25, -0.2) is 0 Å². The van der Waals surface area contributed by atoms with E-state index < -0.39 is 0 Å². The quantitative estimate of drug-likeness (QED) is 0.629. The highest BCUT2D eigenvalue weighted by Gasteiger charge is 2.08. The number of hydrogen-bond donors (Lipinski definition) is 1. The van der Waals surface area contributed by atoms with E-state index in [0.717, 1.165) is 15.6 Å². The van der Waals surface area contributed by atoms with E-state index >= 15 is 0 Å². The van der Waals surface area contributed by atoms with Gasteiger partial charge in [0.25, 0.3) is 0 Å². The van der Waals surface area contributed by atoms with Gasteiger partial charge in [-0.2, -0.15) is 0 Å². The Bertz CT molecular complexity index is 921. The number of methoxy groups -OCH3 is 2. The molecule has 0 saturated carbocycles. The van der Waals surface area contributed by atoms with Crippen molar-refractivity contribution in [3.05, 3.63) is 58.7 Å². The van der Waals surface area contributed by atoms with Gasteiger partial charge >= 0.3 is 0 Å². The minimum atomic E-state index is 0.0108. The summed E-state index contributed by atoms with van der Waals surface area (Å²) < 4.78 is 13.6. The average Bonchev–Trinajstić information content (AvgIpc) is 3.06. The summed E-state index contributed by atoms with van der Waals surface area (Å²) in [4.78, 5) is 12.2. The molecular formula is C20H21BrN2O3. The minimum absolute atomic E-state index is 0.0108. The predicted octanol–water partition coefficient (Wildman–Crippen LogP) is 4.13. The molecule has 0 spiro atoms. The molecule has 1 aromatic heterocycles. The van der Waals surface area contributed by atoms with Gasteiger partial charge in [-0.3, -0.25) is 4.79 Å². The van der Waals surface area contributed by atoms with Gasteiger partial charge in [-0.05, 0) is 41.3 Å². The van der Waals surface area contributed by atoms with E-state index in [0.29, 0.717) is 31.0 Å². The molecule has 1 heterocycles. The van der Waals surface area contributed by atoms with Crippen LogP contribution in [-0.2, 0) is 17.9 Å². The fourth-order valence-electron chi connectivity index (χ4n) is 2.85. The van der Waals surface area contributed by atoms with E-state index in [4.69, 9.17) is 9.47 Å². The van der Waals surface area contributed by atoms with Crippen LogP contribution in [0.15, 0.2) is 53.1 Å². The third kappa shape index (κ3) is 4.19. The van der Waals surface area contributed by atoms with Gasteiger partial charge in [-0.1, -0.05) is 28.1 Å². The number of benzene rings is 2. The molecule has 1 N–H and O–H groups in total. The third-order valence-corrected chi connectivity index (χ3v) is 4.75. The standard InChI is InChI=1S/C20H21BrN2O3/c1-25-18-6-3-14(11-19(18)26-2)13-22-20(24)8-10-23-9-7-15-4-5-16(21)12-17(15)23/h3-7,9,11-12H,8,10,13H2,1-2H3,(H,22,24). The molecule has 0 bridgehead atoms. The van der Waals surface area contributed by atoms with Crippen LogP contribution in [0.4, 0.5) is 0 Å². The van der Waals surface area contributed by atoms with Crippen molar-refractivity contribution >= 4 is 32.7 Å². The van der Waals surface area contributed by atoms with Crippen molar-refractivity contribution in [2.75, 3.05) is 14.2 Å². The molecule has 0 aliphatic rings. The number of fused-ring (bicyclic) bond motifs is 1. The summed E-state index contributed by atoms with van der Waals surface area (Å²) in [5.74, 6) is 1.34. The second-order valence-corrected chi connectivity index (χ2v) is 6.84. The number of nitrogens with one attached hydrogen (secondary N) is 1. The molecule has 3 aromatic rings. The van der Waals surface area contributed by atoms with Crippen LogP contribution < -0.4 is 14.8 Å². The molecule has 136 valence electrons. The van der Waals surface area contributed by atoms with Crippen LogP contribution in [-0.4, -0.2) is 24.7 Å². The molecule has 6 heteroatoms. The first-order chi connectivity index (χ1) is 12.6. The molecule has 0 aliphatic carbocycles. The summed E-state index contributed by atoms with van der Waals surface area (Å²) in [6.45, 7) is 1.09. The highest BCUT2D eigenvalue weighted by atomic mass is 79.9. The van der Waals surface area contributed by atoms with Crippen LogP contribution in [0.3, 0.4) is 0 Å². The zero-order valence-corrected chi connectivity index (χ0v) is 16.4. The lowest BCUT2D eigenvalue weighted by Gasteiger charge is -2.11. The van der Waals surface area contributed by atoms with E-state index in [2.05, 4.69) is 44.0 Å². The van der Waals surface area contributed by atoms with Gasteiger partial charge in [0.05, 0.1) is 14.2 Å². The molecule has 1 amide bonds. The lowest BCUT2D eigenvalue weighted by atomic mass is 10.2. The number of ether oxygens (including phenoxy) is 2. The number of hydrogen-bond acceptors (Lipinski definition) is 3. The van der Waals surface area contributed by atoms with Crippen LogP contribution in [0.5, 0.6) is 11.5 Å². The lowest BCUT2D eigenvalue weighted by molar-refractivity contribution is -0.121. The fraction of sp³-hybridized carbons (Fsp3) is 0.250. The molecule has 0 atom stereocenters. The van der Waals surface area contributed by atoms with Crippen molar-refractivity contribution in [3.8, 4) is 11.5 Å². The van der Waals surface area contributed by atoms with E-state index in [1.165, 1.54) is 5.39 Å². The third-order valence-electron chi connectivity index (χ3n) is 4.25. The van der Waals surface area contributed by atoms with Gasteiger partial charge in [0.15, 0.2) is 11.5 Å². The Morgan fingerprint density at radius 1 is 1.08 bits per heavy atom. The number of carbonyl (C=O) groups excluding carboxylic acids is 1. The van der Waals surface area contributed by atoms with Gasteiger partial charge in [0.1, 0.15) is 0 Å². The van der Waals surface area contributed by atoms with E-state index in [1.54, 1.807) is 14.2 Å². The summed E-state index contributed by atoms with van der Waals surface area (Å²) in [6.07, 6.45) is 2.43. The normalized spacial score (nSPS) is 10.7. The molecule has 26 heavy (non-hydrogen) atoms. The van der Waals surface area contributed by atoms with Gasteiger partial charge in [0.2, 0.25) is 5.91 Å². The number of nitrogens with zero attached hydrogens (tertiary/aromatic N) is 1. The number of aromatic nitrogens is 1. The summed E-state index contributed by atoms with van der Waals surface area (Å²) in [5, 5.41) is 4.12. The van der Waals surface area contributed by atoms with Crippen LogP contribution in [0, 0.1) is 0 Å². The van der Waals surface area contributed by atoms with Crippen molar-refractivity contribution in [1.82, 2.24) is 9.88 Å². The predicted molar refractivity (Wildman–Crippen MR) is 106 cm³/mol. The largest absolute Gasteiger partial charge is 0.493 e. The minimum Gasteiger partial charge on any atom is -0.493 e. The molecular weight excluding hydrogens is 396 g/mol. The zero-order valence-electron chi connectivity index (χ0n) is 14.8. The van der Waals surface area contributed by atoms with Gasteiger partial charge < -0.3 is 19.4 Å². The van der Waals surface area contributed by atoms with Crippen molar-refractivity contribution < 1.29 is 14.3 Å². The van der Waals surface area contributed by atoms with Crippen LogP contribution in [0.25, 0.3) is 10.9 Å². The van der Waals surface area contributed by atoms with Crippen molar-refractivity contribution in [3.63, 3.8) is 0 Å².